The van der Waals surface area contributed by atoms with E-state index in [4.69, 9.17) is 4.74 Å². The zero-order valence-corrected chi connectivity index (χ0v) is 17.7. The van der Waals surface area contributed by atoms with Crippen LogP contribution in [0.2, 0.25) is 0 Å². The largest absolute Gasteiger partial charge is 0.492 e. The van der Waals surface area contributed by atoms with Crippen molar-refractivity contribution in [2.24, 2.45) is 5.92 Å². The molecule has 1 saturated heterocycles. The van der Waals surface area contributed by atoms with Crippen molar-refractivity contribution < 1.29 is 28.2 Å². The Bertz CT molecular complexity index is 1030. The molecule has 0 bridgehead atoms. The van der Waals surface area contributed by atoms with Gasteiger partial charge < -0.3 is 25.0 Å². The molecule has 2 N–H and O–H groups in total. The summed E-state index contributed by atoms with van der Waals surface area (Å²) in [4.78, 5) is 28.6. The van der Waals surface area contributed by atoms with Gasteiger partial charge in [-0.1, -0.05) is 12.1 Å². The van der Waals surface area contributed by atoms with Crippen LogP contribution in [0.4, 0.5) is 19.3 Å². The molecule has 0 unspecified atom stereocenters. The summed E-state index contributed by atoms with van der Waals surface area (Å²) in [6.07, 6.45) is 0.414. The van der Waals surface area contributed by atoms with Crippen LogP contribution in [-0.2, 0) is 0 Å². The summed E-state index contributed by atoms with van der Waals surface area (Å²) in [6, 6.07) is 7.67. The average Bonchev–Trinajstić information content (AvgIpc) is 3.18. The van der Waals surface area contributed by atoms with Crippen molar-refractivity contribution in [2.45, 2.75) is 18.9 Å². The molecule has 2 aliphatic rings. The zero-order chi connectivity index (χ0) is 22.8. The third kappa shape index (κ3) is 4.52. The van der Waals surface area contributed by atoms with Gasteiger partial charge in [0.15, 0.2) is 11.6 Å². The number of benzene rings is 2. The Kier molecular flexibility index (Phi) is 6.27. The second-order valence-electron chi connectivity index (χ2n) is 8.31. The number of carboxylic acid groups (broad SMARTS) is 1. The van der Waals surface area contributed by atoms with E-state index in [0.717, 1.165) is 31.6 Å². The molecule has 170 valence electrons. The number of hydrogen-bond acceptors (Lipinski definition) is 4. The standard InChI is InChI=1S/C23H25F2N3O4/c1-27-9-7-14(12-27)13-28(23(30)31)20-8-10-32-21-16(20)3-2-4-17(21)22(29)26-15-5-6-18(24)19(25)11-15/h2-6,11,14,20H,7-10,12-13H2,1H3,(H,26,29)(H,30,31)/t14-,20-/m0/s1. The SMILES string of the molecule is CN1CC[C@H](CN(C(=O)O)[C@H]2CCOc3c(C(=O)Nc4ccc(F)c(F)c4)cccc32)C1. The highest BCUT2D eigenvalue weighted by Gasteiger charge is 2.35. The van der Waals surface area contributed by atoms with Gasteiger partial charge in [0.2, 0.25) is 0 Å². The third-order valence-corrected chi connectivity index (χ3v) is 6.03. The molecule has 0 aromatic heterocycles. The summed E-state index contributed by atoms with van der Waals surface area (Å²) in [6.45, 7) is 2.46. The number of carbonyl (C=O) groups is 2. The van der Waals surface area contributed by atoms with Crippen molar-refractivity contribution in [3.8, 4) is 5.75 Å². The Morgan fingerprint density at radius 2 is 2.03 bits per heavy atom. The third-order valence-electron chi connectivity index (χ3n) is 6.03. The van der Waals surface area contributed by atoms with Gasteiger partial charge in [0.1, 0.15) is 5.75 Å². The molecule has 9 heteroatoms. The van der Waals surface area contributed by atoms with E-state index < -0.39 is 29.7 Å². The van der Waals surface area contributed by atoms with Crippen LogP contribution < -0.4 is 10.1 Å². The monoisotopic (exact) mass is 445 g/mol. The van der Waals surface area contributed by atoms with Crippen LogP contribution in [0, 0.1) is 17.6 Å². The van der Waals surface area contributed by atoms with Crippen molar-refractivity contribution in [2.75, 3.05) is 38.6 Å². The van der Waals surface area contributed by atoms with E-state index in [-0.39, 0.29) is 23.8 Å². The van der Waals surface area contributed by atoms with Crippen molar-refractivity contribution >= 4 is 17.7 Å². The smallest absolute Gasteiger partial charge is 0.407 e. The lowest BCUT2D eigenvalue weighted by molar-refractivity contribution is 0.0951. The number of carbonyl (C=O) groups excluding carboxylic acids is 1. The number of ether oxygens (including phenoxy) is 1. The molecular formula is C23H25F2N3O4. The van der Waals surface area contributed by atoms with E-state index in [9.17, 15) is 23.5 Å². The maximum absolute atomic E-state index is 13.5. The molecule has 4 rings (SSSR count). The number of nitrogens with one attached hydrogen (secondary N) is 1. The van der Waals surface area contributed by atoms with Crippen LogP contribution in [0.5, 0.6) is 5.75 Å². The van der Waals surface area contributed by atoms with Gasteiger partial charge in [-0.2, -0.15) is 0 Å². The zero-order valence-electron chi connectivity index (χ0n) is 17.7. The number of halogens is 2. The van der Waals surface area contributed by atoms with Crippen molar-refractivity contribution in [3.63, 3.8) is 0 Å². The topological polar surface area (TPSA) is 82.1 Å². The molecule has 2 heterocycles. The Morgan fingerprint density at radius 3 is 2.72 bits per heavy atom. The van der Waals surface area contributed by atoms with E-state index in [0.29, 0.717) is 24.3 Å². The number of nitrogens with zero attached hydrogens (tertiary/aromatic N) is 2. The molecule has 0 aliphatic carbocycles. The first kappa shape index (κ1) is 22.0. The summed E-state index contributed by atoms with van der Waals surface area (Å²) in [5, 5.41) is 12.5. The van der Waals surface area contributed by atoms with Crippen molar-refractivity contribution in [1.29, 1.82) is 0 Å². The molecule has 2 aromatic rings. The Morgan fingerprint density at radius 1 is 1.22 bits per heavy atom. The molecule has 1 fully saturated rings. The molecule has 2 aliphatic heterocycles. The van der Waals surface area contributed by atoms with Gasteiger partial charge >= 0.3 is 6.09 Å². The van der Waals surface area contributed by atoms with E-state index in [1.807, 2.05) is 7.05 Å². The Balaban J connectivity index is 1.59. The molecule has 7 nitrogen and oxygen atoms in total. The quantitative estimate of drug-likeness (QED) is 0.728. The summed E-state index contributed by atoms with van der Waals surface area (Å²) in [7, 11) is 2.02. The highest BCUT2D eigenvalue weighted by molar-refractivity contribution is 6.06. The molecule has 2 aromatic carbocycles. The summed E-state index contributed by atoms with van der Waals surface area (Å²) in [5.41, 5.74) is 0.946. The van der Waals surface area contributed by atoms with Crippen molar-refractivity contribution in [3.05, 3.63) is 59.2 Å². The summed E-state index contributed by atoms with van der Waals surface area (Å²) < 4.78 is 32.5. The highest BCUT2D eigenvalue weighted by Crippen LogP contribution is 2.39. The second kappa shape index (κ2) is 9.12. The fraction of sp³-hybridized carbons (Fsp3) is 0.391. The van der Waals surface area contributed by atoms with E-state index in [2.05, 4.69) is 10.2 Å². The molecule has 32 heavy (non-hydrogen) atoms. The lowest BCUT2D eigenvalue weighted by Gasteiger charge is -2.36. The lowest BCUT2D eigenvalue weighted by Crippen LogP contribution is -2.40. The predicted octanol–water partition coefficient (Wildman–Crippen LogP) is 3.97. The summed E-state index contributed by atoms with van der Waals surface area (Å²) in [5.74, 6) is -2.05. The molecule has 2 atom stereocenters. The first-order valence-electron chi connectivity index (χ1n) is 10.5. The van der Waals surface area contributed by atoms with E-state index >= 15 is 0 Å². The molecular weight excluding hydrogens is 420 g/mol. The van der Waals surface area contributed by atoms with Crippen LogP contribution in [0.15, 0.2) is 36.4 Å². The Labute approximate surface area is 184 Å². The first-order valence-corrected chi connectivity index (χ1v) is 10.5. The number of fused-ring (bicyclic) bond motifs is 1. The second-order valence-corrected chi connectivity index (χ2v) is 8.31. The maximum atomic E-state index is 13.5. The first-order chi connectivity index (χ1) is 15.3. The van der Waals surface area contributed by atoms with Gasteiger partial charge in [-0.05, 0) is 44.1 Å². The normalized spacial score (nSPS) is 20.3. The van der Waals surface area contributed by atoms with Crippen molar-refractivity contribution in [1.82, 2.24) is 9.80 Å². The average molecular weight is 445 g/mol. The van der Waals surface area contributed by atoms with Gasteiger partial charge in [-0.15, -0.1) is 0 Å². The van der Waals surface area contributed by atoms with Gasteiger partial charge in [0.05, 0.1) is 18.2 Å². The minimum Gasteiger partial charge on any atom is -0.492 e. The minimum absolute atomic E-state index is 0.108. The van der Waals surface area contributed by atoms with Gasteiger partial charge in [-0.3, -0.25) is 4.79 Å². The maximum Gasteiger partial charge on any atom is 0.407 e. The van der Waals surface area contributed by atoms with Crippen LogP contribution in [0.1, 0.15) is 34.8 Å². The van der Waals surface area contributed by atoms with E-state index in [1.54, 1.807) is 18.2 Å². The van der Waals surface area contributed by atoms with Crippen LogP contribution in [0.25, 0.3) is 0 Å². The lowest BCUT2D eigenvalue weighted by atomic mass is 9.95. The molecule has 2 amide bonds. The number of anilines is 1. The van der Waals surface area contributed by atoms with Gasteiger partial charge in [0, 0.05) is 36.8 Å². The highest BCUT2D eigenvalue weighted by atomic mass is 19.2. The predicted molar refractivity (Wildman–Crippen MR) is 114 cm³/mol. The van der Waals surface area contributed by atoms with E-state index in [1.165, 1.54) is 11.0 Å². The molecule has 0 spiro atoms. The molecule has 0 radical (unpaired) electrons. The van der Waals surface area contributed by atoms with Crippen LogP contribution in [0.3, 0.4) is 0 Å². The minimum atomic E-state index is -1.07. The van der Waals surface area contributed by atoms with Crippen LogP contribution >= 0.6 is 0 Å². The Hall–Kier alpha value is -3.20. The number of likely N-dealkylation sites (tertiary alicyclic amines) is 1. The number of hydrogen-bond donors (Lipinski definition) is 2. The van der Waals surface area contributed by atoms with Crippen LogP contribution in [-0.4, -0.2) is 60.2 Å². The summed E-state index contributed by atoms with van der Waals surface area (Å²) >= 11 is 0. The van der Waals surface area contributed by atoms with Gasteiger partial charge in [-0.25, -0.2) is 13.6 Å². The number of rotatable bonds is 5. The number of amides is 2. The fourth-order valence-electron chi connectivity index (χ4n) is 4.47. The van der Waals surface area contributed by atoms with Gasteiger partial charge in [0.25, 0.3) is 5.91 Å². The fourth-order valence-corrected chi connectivity index (χ4v) is 4.47. The molecule has 0 saturated carbocycles. The number of para-hydroxylation sites is 1.